The molecular formula is C11H15N5. The summed E-state index contributed by atoms with van der Waals surface area (Å²) >= 11 is 0. The number of nitrogens with two attached hydrogens (primary N) is 1. The Balaban J connectivity index is 2.23. The van der Waals surface area contributed by atoms with E-state index in [0.29, 0.717) is 6.54 Å². The van der Waals surface area contributed by atoms with Crippen LogP contribution in [0.1, 0.15) is 12.1 Å². The maximum atomic E-state index is 5.56. The third kappa shape index (κ3) is 2.25. The predicted octanol–water partition coefficient (Wildman–Crippen LogP) is 0.400. The van der Waals surface area contributed by atoms with Crippen molar-refractivity contribution >= 4 is 5.71 Å². The second-order valence-electron chi connectivity index (χ2n) is 3.65. The zero-order valence-corrected chi connectivity index (χ0v) is 9.24. The lowest BCUT2D eigenvalue weighted by Gasteiger charge is -2.26. The van der Waals surface area contributed by atoms with E-state index in [9.17, 15) is 0 Å². The van der Waals surface area contributed by atoms with Gasteiger partial charge in [-0.2, -0.15) is 0 Å². The highest BCUT2D eigenvalue weighted by atomic mass is 15.2. The van der Waals surface area contributed by atoms with E-state index in [1.165, 1.54) is 6.33 Å². The van der Waals surface area contributed by atoms with Crippen LogP contribution in [0, 0.1) is 0 Å². The Morgan fingerprint density at radius 2 is 2.38 bits per heavy atom. The molecule has 0 fully saturated rings. The van der Waals surface area contributed by atoms with Crippen LogP contribution in [0.4, 0.5) is 0 Å². The van der Waals surface area contributed by atoms with Gasteiger partial charge in [0, 0.05) is 25.9 Å². The summed E-state index contributed by atoms with van der Waals surface area (Å²) in [5.74, 6) is 0. The van der Waals surface area contributed by atoms with Crippen LogP contribution >= 0.6 is 0 Å². The van der Waals surface area contributed by atoms with Crippen molar-refractivity contribution in [3.63, 3.8) is 0 Å². The van der Waals surface area contributed by atoms with E-state index in [4.69, 9.17) is 5.73 Å². The van der Waals surface area contributed by atoms with Crippen LogP contribution in [0.15, 0.2) is 35.9 Å². The van der Waals surface area contributed by atoms with E-state index in [1.807, 2.05) is 25.4 Å². The summed E-state index contributed by atoms with van der Waals surface area (Å²) in [6, 6.07) is 1.86. The maximum absolute atomic E-state index is 5.56. The molecule has 1 aromatic heterocycles. The van der Waals surface area contributed by atoms with Crippen LogP contribution in [-0.4, -0.2) is 40.3 Å². The summed E-state index contributed by atoms with van der Waals surface area (Å²) in [7, 11) is 2.00. The summed E-state index contributed by atoms with van der Waals surface area (Å²) in [6.45, 7) is 0.628. The van der Waals surface area contributed by atoms with Crippen LogP contribution in [0.5, 0.6) is 0 Å². The predicted molar refractivity (Wildman–Crippen MR) is 62.9 cm³/mol. The fourth-order valence-corrected chi connectivity index (χ4v) is 1.59. The van der Waals surface area contributed by atoms with Gasteiger partial charge in [0.2, 0.25) is 0 Å². The smallest absolute Gasteiger partial charge is 0.122 e. The summed E-state index contributed by atoms with van der Waals surface area (Å²) in [5, 5.41) is 0. The zero-order chi connectivity index (χ0) is 11.4. The molecule has 1 aromatic rings. The first kappa shape index (κ1) is 10.8. The van der Waals surface area contributed by atoms with Gasteiger partial charge < -0.3 is 10.6 Å². The van der Waals surface area contributed by atoms with Crippen LogP contribution in [-0.2, 0) is 0 Å². The Kier molecular flexibility index (Phi) is 3.26. The monoisotopic (exact) mass is 217 g/mol. The van der Waals surface area contributed by atoms with Gasteiger partial charge in [-0.1, -0.05) is 0 Å². The molecule has 0 aromatic carbocycles. The van der Waals surface area contributed by atoms with Crippen LogP contribution in [0.3, 0.4) is 0 Å². The van der Waals surface area contributed by atoms with Gasteiger partial charge in [0.05, 0.1) is 11.4 Å². The molecule has 0 saturated carbocycles. The molecule has 2 rings (SSSR count). The van der Waals surface area contributed by atoms with Crippen molar-refractivity contribution in [3.8, 4) is 0 Å². The molecule has 2 N–H and O–H groups in total. The molecule has 0 radical (unpaired) electrons. The van der Waals surface area contributed by atoms with Crippen LogP contribution < -0.4 is 5.73 Å². The van der Waals surface area contributed by atoms with Gasteiger partial charge in [-0.15, -0.1) is 0 Å². The van der Waals surface area contributed by atoms with Crippen molar-refractivity contribution in [1.82, 2.24) is 14.9 Å². The standard InChI is InChI=1S/C11H15N5/c1-16-7-4-10(15-11(16)2-5-12)9-3-6-13-8-14-9/h3-4,6-8,11H,2,5,12H2,1H3. The molecule has 0 aliphatic carbocycles. The summed E-state index contributed by atoms with van der Waals surface area (Å²) < 4.78 is 0. The summed E-state index contributed by atoms with van der Waals surface area (Å²) in [6.07, 6.45) is 8.16. The second-order valence-corrected chi connectivity index (χ2v) is 3.65. The van der Waals surface area contributed by atoms with Gasteiger partial charge in [-0.05, 0) is 18.7 Å². The highest BCUT2D eigenvalue weighted by Crippen LogP contribution is 2.12. The SMILES string of the molecule is CN1C=CC(c2ccncn2)=NC1CCN. The molecule has 5 nitrogen and oxygen atoms in total. The van der Waals surface area contributed by atoms with Crippen molar-refractivity contribution < 1.29 is 0 Å². The first-order chi connectivity index (χ1) is 7.81. The van der Waals surface area contributed by atoms with Gasteiger partial charge in [0.1, 0.15) is 12.5 Å². The maximum Gasteiger partial charge on any atom is 0.122 e. The van der Waals surface area contributed by atoms with Gasteiger partial charge in [0.15, 0.2) is 0 Å². The molecule has 1 atom stereocenters. The normalized spacial score (nSPS) is 19.8. The topological polar surface area (TPSA) is 67.4 Å². The van der Waals surface area contributed by atoms with E-state index < -0.39 is 0 Å². The molecule has 1 aliphatic rings. The second kappa shape index (κ2) is 4.85. The number of hydrogen-bond donors (Lipinski definition) is 1. The van der Waals surface area contributed by atoms with Crippen molar-refractivity contribution in [3.05, 3.63) is 36.6 Å². The quantitative estimate of drug-likeness (QED) is 0.795. The Morgan fingerprint density at radius 3 is 3.06 bits per heavy atom. The highest BCUT2D eigenvalue weighted by Gasteiger charge is 2.15. The third-order valence-electron chi connectivity index (χ3n) is 2.50. The van der Waals surface area contributed by atoms with Gasteiger partial charge in [-0.25, -0.2) is 9.97 Å². The first-order valence-corrected chi connectivity index (χ1v) is 5.25. The lowest BCUT2D eigenvalue weighted by molar-refractivity contribution is 0.321. The minimum Gasteiger partial charge on any atom is -0.359 e. The largest absolute Gasteiger partial charge is 0.359 e. The van der Waals surface area contributed by atoms with E-state index in [2.05, 4.69) is 19.9 Å². The zero-order valence-electron chi connectivity index (χ0n) is 9.24. The van der Waals surface area contributed by atoms with E-state index in [1.54, 1.807) is 6.20 Å². The first-order valence-electron chi connectivity index (χ1n) is 5.25. The van der Waals surface area contributed by atoms with E-state index >= 15 is 0 Å². The fourth-order valence-electron chi connectivity index (χ4n) is 1.59. The summed E-state index contributed by atoms with van der Waals surface area (Å²) in [4.78, 5) is 14.7. The molecule has 0 saturated heterocycles. The minimum absolute atomic E-state index is 0.111. The Hall–Kier alpha value is -1.75. The Bertz CT molecular complexity index is 398. The molecule has 0 amide bonds. The molecular weight excluding hydrogens is 202 g/mol. The minimum atomic E-state index is 0.111. The lowest BCUT2D eigenvalue weighted by Crippen LogP contribution is -2.31. The molecule has 0 bridgehead atoms. The number of aromatic nitrogens is 2. The number of rotatable bonds is 3. The number of aliphatic imine (C=N–C) groups is 1. The van der Waals surface area contributed by atoms with Gasteiger partial charge in [0.25, 0.3) is 0 Å². The van der Waals surface area contributed by atoms with Crippen molar-refractivity contribution in [1.29, 1.82) is 0 Å². The van der Waals surface area contributed by atoms with E-state index in [-0.39, 0.29) is 6.17 Å². The van der Waals surface area contributed by atoms with Gasteiger partial charge in [-0.3, -0.25) is 4.99 Å². The third-order valence-corrected chi connectivity index (χ3v) is 2.50. The highest BCUT2D eigenvalue weighted by molar-refractivity contribution is 6.07. The molecule has 0 spiro atoms. The molecule has 1 aliphatic heterocycles. The van der Waals surface area contributed by atoms with Crippen LogP contribution in [0.25, 0.3) is 0 Å². The Labute approximate surface area is 94.7 Å². The van der Waals surface area contributed by atoms with Crippen molar-refractivity contribution in [2.75, 3.05) is 13.6 Å². The molecule has 16 heavy (non-hydrogen) atoms. The fraction of sp³-hybridized carbons (Fsp3) is 0.364. The van der Waals surface area contributed by atoms with Crippen LogP contribution in [0.2, 0.25) is 0 Å². The van der Waals surface area contributed by atoms with Crippen molar-refractivity contribution in [2.45, 2.75) is 12.6 Å². The Morgan fingerprint density at radius 1 is 1.50 bits per heavy atom. The molecule has 84 valence electrons. The number of allylic oxidation sites excluding steroid dienone is 1. The molecule has 5 heteroatoms. The molecule has 2 heterocycles. The molecule has 1 unspecified atom stereocenters. The average molecular weight is 217 g/mol. The average Bonchev–Trinajstić information content (AvgIpc) is 2.33. The van der Waals surface area contributed by atoms with Gasteiger partial charge >= 0.3 is 0 Å². The van der Waals surface area contributed by atoms with Crippen molar-refractivity contribution in [2.24, 2.45) is 10.7 Å². The summed E-state index contributed by atoms with van der Waals surface area (Å²) in [5.41, 5.74) is 7.30. The lowest BCUT2D eigenvalue weighted by atomic mass is 10.2. The van der Waals surface area contributed by atoms with E-state index in [0.717, 1.165) is 17.8 Å². The number of nitrogens with zero attached hydrogens (tertiary/aromatic N) is 4. The number of hydrogen-bond acceptors (Lipinski definition) is 5.